The van der Waals surface area contributed by atoms with E-state index in [1.54, 1.807) is 24.3 Å². The maximum atomic E-state index is 12.1. The largest absolute Gasteiger partial charge is 0.329 e. The Labute approximate surface area is 108 Å². The number of hydrogen-bond donors (Lipinski definition) is 2. The number of carbonyl (C=O) groups excluding carboxylic acids is 2. The predicted molar refractivity (Wildman–Crippen MR) is 72.5 cm³/mol. The quantitative estimate of drug-likeness (QED) is 0.785. The number of hydrogen-bond acceptors (Lipinski definition) is 3. The molecule has 98 valence electrons. The Bertz CT molecular complexity index is 451. The van der Waals surface area contributed by atoms with Crippen molar-refractivity contribution in [3.63, 3.8) is 0 Å². The van der Waals surface area contributed by atoms with Crippen LogP contribution in [-0.2, 0) is 4.79 Å². The number of anilines is 1. The van der Waals surface area contributed by atoms with E-state index in [1.165, 1.54) is 6.92 Å². The molecule has 0 radical (unpaired) electrons. The summed E-state index contributed by atoms with van der Waals surface area (Å²) < 4.78 is 0. The van der Waals surface area contributed by atoms with Gasteiger partial charge in [0.05, 0.1) is 5.41 Å². The Morgan fingerprint density at radius 3 is 2.56 bits per heavy atom. The van der Waals surface area contributed by atoms with E-state index in [-0.39, 0.29) is 11.7 Å². The average Bonchev–Trinajstić information content (AvgIpc) is 2.38. The SMILES string of the molecule is CCC(C)(CN)C(=O)Nc1cccc(C(C)=O)c1. The molecule has 4 nitrogen and oxygen atoms in total. The Kier molecular flexibility index (Phi) is 4.62. The van der Waals surface area contributed by atoms with Crippen LogP contribution in [0.5, 0.6) is 0 Å². The summed E-state index contributed by atoms with van der Waals surface area (Å²) in [6.07, 6.45) is 0.668. The predicted octanol–water partition coefficient (Wildman–Crippen LogP) is 2.20. The van der Waals surface area contributed by atoms with Crippen LogP contribution in [0.15, 0.2) is 24.3 Å². The van der Waals surface area contributed by atoms with E-state index in [1.807, 2.05) is 13.8 Å². The molecular weight excluding hydrogens is 228 g/mol. The van der Waals surface area contributed by atoms with Gasteiger partial charge in [0, 0.05) is 17.8 Å². The van der Waals surface area contributed by atoms with Crippen LogP contribution in [0.1, 0.15) is 37.6 Å². The van der Waals surface area contributed by atoms with E-state index in [2.05, 4.69) is 5.32 Å². The highest BCUT2D eigenvalue weighted by atomic mass is 16.2. The van der Waals surface area contributed by atoms with Gasteiger partial charge in [0.2, 0.25) is 5.91 Å². The third-order valence-electron chi connectivity index (χ3n) is 3.31. The topological polar surface area (TPSA) is 72.2 Å². The van der Waals surface area contributed by atoms with Crippen molar-refractivity contribution in [1.29, 1.82) is 0 Å². The molecule has 4 heteroatoms. The van der Waals surface area contributed by atoms with E-state index < -0.39 is 5.41 Å². The molecule has 1 atom stereocenters. The maximum absolute atomic E-state index is 12.1. The molecule has 0 aliphatic carbocycles. The Balaban J connectivity index is 2.88. The smallest absolute Gasteiger partial charge is 0.231 e. The van der Waals surface area contributed by atoms with Gasteiger partial charge in [0.15, 0.2) is 5.78 Å². The first-order valence-corrected chi connectivity index (χ1v) is 6.05. The highest BCUT2D eigenvalue weighted by Gasteiger charge is 2.29. The molecule has 1 unspecified atom stereocenters. The molecule has 0 bridgehead atoms. The fraction of sp³-hybridized carbons (Fsp3) is 0.429. The minimum absolute atomic E-state index is 0.0248. The third-order valence-corrected chi connectivity index (χ3v) is 3.31. The molecule has 1 amide bonds. The number of benzene rings is 1. The zero-order valence-electron chi connectivity index (χ0n) is 11.1. The first-order chi connectivity index (χ1) is 8.42. The number of ketones is 1. The molecule has 18 heavy (non-hydrogen) atoms. The second kappa shape index (κ2) is 5.78. The number of nitrogens with two attached hydrogens (primary N) is 1. The van der Waals surface area contributed by atoms with E-state index in [0.29, 0.717) is 24.2 Å². The van der Waals surface area contributed by atoms with Gasteiger partial charge in [0.1, 0.15) is 0 Å². The monoisotopic (exact) mass is 248 g/mol. The number of amides is 1. The van der Waals surface area contributed by atoms with Crippen LogP contribution in [-0.4, -0.2) is 18.2 Å². The van der Waals surface area contributed by atoms with E-state index in [9.17, 15) is 9.59 Å². The Morgan fingerprint density at radius 2 is 2.06 bits per heavy atom. The summed E-state index contributed by atoms with van der Waals surface area (Å²) in [6, 6.07) is 6.90. The molecule has 0 heterocycles. The van der Waals surface area contributed by atoms with Crippen molar-refractivity contribution in [2.75, 3.05) is 11.9 Å². The lowest BCUT2D eigenvalue weighted by molar-refractivity contribution is -0.124. The molecule has 1 aromatic carbocycles. The normalized spacial score (nSPS) is 13.8. The number of Topliss-reactive ketones (excluding diaryl/α,β-unsaturated/α-hetero) is 1. The molecule has 0 saturated heterocycles. The molecule has 1 aromatic rings. The van der Waals surface area contributed by atoms with Crippen LogP contribution >= 0.6 is 0 Å². The zero-order valence-corrected chi connectivity index (χ0v) is 11.1. The van der Waals surface area contributed by atoms with Crippen molar-refractivity contribution in [3.8, 4) is 0 Å². The van der Waals surface area contributed by atoms with Crippen molar-refractivity contribution in [3.05, 3.63) is 29.8 Å². The molecule has 0 saturated carbocycles. The van der Waals surface area contributed by atoms with E-state index in [0.717, 1.165) is 0 Å². The fourth-order valence-electron chi connectivity index (χ4n) is 1.50. The van der Waals surface area contributed by atoms with Gasteiger partial charge in [-0.25, -0.2) is 0 Å². The van der Waals surface area contributed by atoms with Gasteiger partial charge in [0.25, 0.3) is 0 Å². The standard InChI is InChI=1S/C14H20N2O2/c1-4-14(3,9-15)13(18)16-12-7-5-6-11(8-12)10(2)17/h5-8H,4,9,15H2,1-3H3,(H,16,18). The molecule has 0 aliphatic heterocycles. The van der Waals surface area contributed by atoms with Crippen molar-refractivity contribution in [2.45, 2.75) is 27.2 Å². The summed E-state index contributed by atoms with van der Waals surface area (Å²) in [4.78, 5) is 23.4. The fourth-order valence-corrected chi connectivity index (χ4v) is 1.50. The van der Waals surface area contributed by atoms with Gasteiger partial charge in [-0.2, -0.15) is 0 Å². The van der Waals surface area contributed by atoms with Crippen molar-refractivity contribution < 1.29 is 9.59 Å². The molecule has 0 fully saturated rings. The van der Waals surface area contributed by atoms with Crippen LogP contribution in [0.3, 0.4) is 0 Å². The lowest BCUT2D eigenvalue weighted by Gasteiger charge is -2.25. The molecule has 1 rings (SSSR count). The van der Waals surface area contributed by atoms with Crippen LogP contribution in [0.2, 0.25) is 0 Å². The lowest BCUT2D eigenvalue weighted by Crippen LogP contribution is -2.39. The van der Waals surface area contributed by atoms with Crippen LogP contribution in [0, 0.1) is 5.41 Å². The van der Waals surface area contributed by atoms with Crippen LogP contribution < -0.4 is 11.1 Å². The minimum Gasteiger partial charge on any atom is -0.329 e. The second-order valence-corrected chi connectivity index (χ2v) is 4.71. The Morgan fingerprint density at radius 1 is 1.39 bits per heavy atom. The van der Waals surface area contributed by atoms with Gasteiger partial charge >= 0.3 is 0 Å². The van der Waals surface area contributed by atoms with E-state index in [4.69, 9.17) is 5.73 Å². The highest BCUT2D eigenvalue weighted by molar-refractivity contribution is 5.98. The first-order valence-electron chi connectivity index (χ1n) is 6.05. The first kappa shape index (κ1) is 14.4. The number of rotatable bonds is 5. The summed E-state index contributed by atoms with van der Waals surface area (Å²) in [5.41, 5.74) is 6.27. The lowest BCUT2D eigenvalue weighted by atomic mass is 9.86. The van der Waals surface area contributed by atoms with Gasteiger partial charge in [-0.3, -0.25) is 9.59 Å². The molecule has 0 spiro atoms. The average molecular weight is 248 g/mol. The van der Waals surface area contributed by atoms with Crippen molar-refractivity contribution in [2.24, 2.45) is 11.1 Å². The molecule has 3 N–H and O–H groups in total. The molecular formula is C14H20N2O2. The van der Waals surface area contributed by atoms with E-state index >= 15 is 0 Å². The van der Waals surface area contributed by atoms with Gasteiger partial charge in [-0.15, -0.1) is 0 Å². The van der Waals surface area contributed by atoms with Crippen LogP contribution in [0.4, 0.5) is 5.69 Å². The number of nitrogens with one attached hydrogen (secondary N) is 1. The van der Waals surface area contributed by atoms with Gasteiger partial charge < -0.3 is 11.1 Å². The summed E-state index contributed by atoms with van der Waals surface area (Å²) in [7, 11) is 0. The third kappa shape index (κ3) is 3.17. The van der Waals surface area contributed by atoms with Crippen molar-refractivity contribution in [1.82, 2.24) is 0 Å². The van der Waals surface area contributed by atoms with Crippen molar-refractivity contribution >= 4 is 17.4 Å². The number of carbonyl (C=O) groups is 2. The summed E-state index contributed by atoms with van der Waals surface area (Å²) in [6.45, 7) is 5.55. The van der Waals surface area contributed by atoms with Crippen LogP contribution in [0.25, 0.3) is 0 Å². The van der Waals surface area contributed by atoms with Gasteiger partial charge in [-0.1, -0.05) is 19.1 Å². The molecule has 0 aliphatic rings. The maximum Gasteiger partial charge on any atom is 0.231 e. The highest BCUT2D eigenvalue weighted by Crippen LogP contribution is 2.22. The second-order valence-electron chi connectivity index (χ2n) is 4.71. The molecule has 0 aromatic heterocycles. The summed E-state index contributed by atoms with van der Waals surface area (Å²) >= 11 is 0. The summed E-state index contributed by atoms with van der Waals surface area (Å²) in [5.74, 6) is -0.142. The van der Waals surface area contributed by atoms with Gasteiger partial charge in [-0.05, 0) is 32.4 Å². The zero-order chi connectivity index (χ0) is 13.8. The Hall–Kier alpha value is -1.68. The minimum atomic E-state index is -0.577. The summed E-state index contributed by atoms with van der Waals surface area (Å²) in [5, 5.41) is 2.81.